The SMILES string of the molecule is C=C(Sc1ccccc1N)C1Cc2cc3c4c(c2OC1=O)C(C)(C)CCN4CCC3(C)C. The number of nitrogen functional groups attached to an aromatic ring is 1. The van der Waals surface area contributed by atoms with Crippen molar-refractivity contribution >= 4 is 29.1 Å². The van der Waals surface area contributed by atoms with Crippen molar-refractivity contribution in [2.45, 2.75) is 62.7 Å². The van der Waals surface area contributed by atoms with E-state index in [0.717, 1.165) is 47.0 Å². The Bertz CT molecular complexity index is 1130. The number of ether oxygens (including phenoxy) is 1. The van der Waals surface area contributed by atoms with Gasteiger partial charge in [-0.05, 0) is 64.3 Å². The molecule has 0 radical (unpaired) electrons. The van der Waals surface area contributed by atoms with Crippen molar-refractivity contribution in [2.24, 2.45) is 5.92 Å². The molecule has 2 aromatic rings. The van der Waals surface area contributed by atoms with E-state index in [0.29, 0.717) is 12.1 Å². The van der Waals surface area contributed by atoms with E-state index in [1.807, 2.05) is 24.3 Å². The number of nitrogens with two attached hydrogens (primary N) is 1. The maximum atomic E-state index is 13.2. The number of carbonyl (C=O) groups excluding carboxylic acids is 1. The predicted molar refractivity (Wildman–Crippen MR) is 133 cm³/mol. The molecule has 4 nitrogen and oxygen atoms in total. The summed E-state index contributed by atoms with van der Waals surface area (Å²) >= 11 is 1.48. The first-order valence-corrected chi connectivity index (χ1v) is 12.3. The normalized spacial score (nSPS) is 22.6. The number of rotatable bonds is 3. The first kappa shape index (κ1) is 21.4. The van der Waals surface area contributed by atoms with Crippen LogP contribution < -0.4 is 15.4 Å². The highest BCUT2D eigenvalue weighted by molar-refractivity contribution is 8.03. The fourth-order valence-corrected chi connectivity index (χ4v) is 6.32. The zero-order valence-corrected chi connectivity index (χ0v) is 20.3. The standard InChI is InChI=1S/C27H32N2O2S/c1-16(32-21-9-7-6-8-20(21)28)18-14-17-15-19-23-22(24(17)31-25(18)30)27(4,5)11-13-29(23)12-10-26(19,2)3/h6-9,15,18H,1,10-14,28H2,2-5H3. The lowest BCUT2D eigenvalue weighted by Crippen LogP contribution is -2.45. The lowest BCUT2D eigenvalue weighted by atomic mass is 9.68. The van der Waals surface area contributed by atoms with Crippen LogP contribution in [0.15, 0.2) is 46.7 Å². The third-order valence-electron chi connectivity index (χ3n) is 7.52. The molecule has 0 saturated carbocycles. The zero-order valence-electron chi connectivity index (χ0n) is 19.5. The Hall–Kier alpha value is -2.40. The molecule has 0 spiro atoms. The van der Waals surface area contributed by atoms with Crippen LogP contribution in [0, 0.1) is 5.92 Å². The number of para-hydroxylation sites is 1. The lowest BCUT2D eigenvalue weighted by molar-refractivity contribution is -0.138. The number of anilines is 2. The largest absolute Gasteiger partial charge is 0.425 e. The van der Waals surface area contributed by atoms with E-state index in [-0.39, 0.29) is 22.7 Å². The summed E-state index contributed by atoms with van der Waals surface area (Å²) in [6.45, 7) is 15.6. The molecule has 0 amide bonds. The lowest BCUT2D eigenvalue weighted by Gasteiger charge is -2.49. The van der Waals surface area contributed by atoms with Gasteiger partial charge in [-0.1, -0.05) is 58.2 Å². The van der Waals surface area contributed by atoms with Crippen LogP contribution in [-0.2, 0) is 22.0 Å². The highest BCUT2D eigenvalue weighted by atomic mass is 32.2. The van der Waals surface area contributed by atoms with Crippen molar-refractivity contribution in [2.75, 3.05) is 23.7 Å². The van der Waals surface area contributed by atoms with Gasteiger partial charge in [-0.15, -0.1) is 0 Å². The topological polar surface area (TPSA) is 55.6 Å². The fourth-order valence-electron chi connectivity index (χ4n) is 5.38. The second-order valence-electron chi connectivity index (χ2n) is 10.7. The summed E-state index contributed by atoms with van der Waals surface area (Å²) in [5, 5.41) is 0. The minimum absolute atomic E-state index is 0.0310. The predicted octanol–water partition coefficient (Wildman–Crippen LogP) is 5.82. The number of hydrogen-bond donors (Lipinski definition) is 1. The molecule has 3 aliphatic heterocycles. The second-order valence-corrected chi connectivity index (χ2v) is 11.8. The molecule has 0 aromatic heterocycles. The summed E-state index contributed by atoms with van der Waals surface area (Å²) in [7, 11) is 0. The molecule has 5 rings (SSSR count). The van der Waals surface area contributed by atoms with E-state index >= 15 is 0 Å². The maximum Gasteiger partial charge on any atom is 0.319 e. The number of carbonyl (C=O) groups is 1. The van der Waals surface area contributed by atoms with Gasteiger partial charge in [-0.25, -0.2) is 0 Å². The molecule has 0 bridgehead atoms. The molecule has 32 heavy (non-hydrogen) atoms. The second kappa shape index (κ2) is 7.31. The van der Waals surface area contributed by atoms with Gasteiger partial charge >= 0.3 is 5.97 Å². The quantitative estimate of drug-likeness (QED) is 0.277. The molecule has 1 atom stereocenters. The number of esters is 1. The number of benzene rings is 2. The van der Waals surface area contributed by atoms with Crippen molar-refractivity contribution in [1.82, 2.24) is 0 Å². The van der Waals surface area contributed by atoms with Gasteiger partial charge in [0.25, 0.3) is 0 Å². The first-order valence-electron chi connectivity index (χ1n) is 11.5. The van der Waals surface area contributed by atoms with E-state index in [1.165, 1.54) is 28.6 Å². The van der Waals surface area contributed by atoms with Gasteiger partial charge in [0.15, 0.2) is 0 Å². The van der Waals surface area contributed by atoms with Gasteiger partial charge in [0, 0.05) is 34.9 Å². The molecule has 168 valence electrons. The van der Waals surface area contributed by atoms with Crippen LogP contribution in [-0.4, -0.2) is 19.1 Å². The number of fused-ring (bicyclic) bond motifs is 2. The van der Waals surface area contributed by atoms with Crippen LogP contribution in [0.3, 0.4) is 0 Å². The summed E-state index contributed by atoms with van der Waals surface area (Å²) in [6.07, 6.45) is 2.82. The summed E-state index contributed by atoms with van der Waals surface area (Å²) < 4.78 is 6.14. The van der Waals surface area contributed by atoms with E-state index in [4.69, 9.17) is 10.5 Å². The first-order chi connectivity index (χ1) is 15.1. The zero-order chi connectivity index (χ0) is 22.8. The molecular weight excluding hydrogens is 416 g/mol. The molecule has 0 fully saturated rings. The van der Waals surface area contributed by atoms with E-state index in [1.54, 1.807) is 0 Å². The summed E-state index contributed by atoms with van der Waals surface area (Å²) in [5.74, 6) is 0.213. The monoisotopic (exact) mass is 448 g/mol. The van der Waals surface area contributed by atoms with Crippen molar-refractivity contribution in [3.63, 3.8) is 0 Å². The highest BCUT2D eigenvalue weighted by Gasteiger charge is 2.45. The van der Waals surface area contributed by atoms with Gasteiger partial charge in [0.2, 0.25) is 0 Å². The van der Waals surface area contributed by atoms with Gasteiger partial charge in [-0.3, -0.25) is 4.79 Å². The molecule has 3 heterocycles. The Balaban J connectivity index is 1.57. The van der Waals surface area contributed by atoms with Crippen molar-refractivity contribution < 1.29 is 9.53 Å². The molecule has 0 saturated heterocycles. The Morgan fingerprint density at radius 3 is 2.56 bits per heavy atom. The van der Waals surface area contributed by atoms with Gasteiger partial charge in [0.1, 0.15) is 5.75 Å². The molecule has 2 N–H and O–H groups in total. The molecule has 3 aliphatic rings. The van der Waals surface area contributed by atoms with Crippen LogP contribution >= 0.6 is 11.8 Å². The molecular formula is C27H32N2O2S. The fraction of sp³-hybridized carbons (Fsp3) is 0.444. The number of nitrogens with zero attached hydrogens (tertiary/aromatic N) is 1. The Kier molecular flexibility index (Phi) is 4.90. The maximum absolute atomic E-state index is 13.2. The average Bonchev–Trinajstić information content (AvgIpc) is 2.72. The number of thioether (sulfide) groups is 1. The van der Waals surface area contributed by atoms with E-state index < -0.39 is 0 Å². The van der Waals surface area contributed by atoms with Crippen LogP contribution in [0.5, 0.6) is 5.75 Å². The van der Waals surface area contributed by atoms with Crippen molar-refractivity contribution in [3.05, 3.63) is 58.5 Å². The smallest absolute Gasteiger partial charge is 0.319 e. The minimum Gasteiger partial charge on any atom is -0.425 e. The Morgan fingerprint density at radius 1 is 1.16 bits per heavy atom. The van der Waals surface area contributed by atoms with Crippen LogP contribution in [0.25, 0.3) is 0 Å². The molecule has 1 unspecified atom stereocenters. The summed E-state index contributed by atoms with van der Waals surface area (Å²) in [5.41, 5.74) is 12.0. The summed E-state index contributed by atoms with van der Waals surface area (Å²) in [4.78, 5) is 17.4. The van der Waals surface area contributed by atoms with E-state index in [2.05, 4.69) is 45.2 Å². The highest BCUT2D eigenvalue weighted by Crippen LogP contribution is 2.55. The van der Waals surface area contributed by atoms with Gasteiger partial charge in [-0.2, -0.15) is 0 Å². The van der Waals surface area contributed by atoms with Gasteiger partial charge in [0.05, 0.1) is 5.92 Å². The van der Waals surface area contributed by atoms with Crippen LogP contribution in [0.4, 0.5) is 11.4 Å². The van der Waals surface area contributed by atoms with Crippen LogP contribution in [0.2, 0.25) is 0 Å². The minimum atomic E-state index is -0.383. The average molecular weight is 449 g/mol. The molecule has 0 aliphatic carbocycles. The Labute approximate surface area is 195 Å². The van der Waals surface area contributed by atoms with Crippen LogP contribution in [0.1, 0.15) is 57.2 Å². The number of hydrogen-bond acceptors (Lipinski definition) is 5. The van der Waals surface area contributed by atoms with Gasteiger partial charge < -0.3 is 15.4 Å². The third-order valence-corrected chi connectivity index (χ3v) is 8.66. The van der Waals surface area contributed by atoms with Crippen molar-refractivity contribution in [3.8, 4) is 5.75 Å². The van der Waals surface area contributed by atoms with E-state index in [9.17, 15) is 4.79 Å². The molecule has 5 heteroatoms. The third kappa shape index (κ3) is 3.33. The Morgan fingerprint density at radius 2 is 1.84 bits per heavy atom. The summed E-state index contributed by atoms with van der Waals surface area (Å²) in [6, 6.07) is 10.0. The van der Waals surface area contributed by atoms with Crippen molar-refractivity contribution in [1.29, 1.82) is 0 Å². The molecule has 2 aromatic carbocycles.